The number of benzene rings is 1. The highest BCUT2D eigenvalue weighted by Gasteiger charge is 2.54. The molecule has 0 unspecified atom stereocenters. The Bertz CT molecular complexity index is 632. The molecule has 0 aromatic heterocycles. The van der Waals surface area contributed by atoms with E-state index in [4.69, 9.17) is 4.55 Å². The van der Waals surface area contributed by atoms with Crippen molar-refractivity contribution < 1.29 is 17.8 Å². The van der Waals surface area contributed by atoms with Gasteiger partial charge in [0, 0.05) is 6.54 Å². The maximum absolute atomic E-state index is 12.1. The second-order valence-corrected chi connectivity index (χ2v) is 6.94. The van der Waals surface area contributed by atoms with Crippen LogP contribution in [0.15, 0.2) is 24.3 Å². The molecule has 19 heavy (non-hydrogen) atoms. The molecular formula is C13H15NO4S. The summed E-state index contributed by atoms with van der Waals surface area (Å²) in [6.07, 6.45) is 0.964. The number of hydrogen-bond acceptors (Lipinski definition) is 3. The number of fused-ring (bicyclic) bond motifs is 2. The fraction of sp³-hybridized carbons (Fsp3) is 0.462. The van der Waals surface area contributed by atoms with Crippen LogP contribution in [0.3, 0.4) is 0 Å². The van der Waals surface area contributed by atoms with Crippen molar-refractivity contribution in [3.63, 3.8) is 0 Å². The molecule has 1 aromatic rings. The van der Waals surface area contributed by atoms with Gasteiger partial charge in [-0.2, -0.15) is 8.42 Å². The predicted octanol–water partition coefficient (Wildman–Crippen LogP) is 0.852. The zero-order chi connectivity index (χ0) is 13.7. The first kappa shape index (κ1) is 12.6. The fourth-order valence-electron chi connectivity index (χ4n) is 3.36. The van der Waals surface area contributed by atoms with Gasteiger partial charge in [-0.05, 0) is 29.9 Å². The van der Waals surface area contributed by atoms with Crippen molar-refractivity contribution in [3.05, 3.63) is 35.4 Å². The van der Waals surface area contributed by atoms with E-state index in [2.05, 4.69) is 5.32 Å². The van der Waals surface area contributed by atoms with Crippen molar-refractivity contribution in [2.75, 3.05) is 5.75 Å². The van der Waals surface area contributed by atoms with Gasteiger partial charge in [0.25, 0.3) is 10.1 Å². The van der Waals surface area contributed by atoms with E-state index in [1.165, 1.54) is 0 Å². The third-order valence-corrected chi connectivity index (χ3v) is 5.02. The van der Waals surface area contributed by atoms with Crippen molar-refractivity contribution in [3.8, 4) is 0 Å². The summed E-state index contributed by atoms with van der Waals surface area (Å²) in [4.78, 5) is 12.1. The predicted molar refractivity (Wildman–Crippen MR) is 69.1 cm³/mol. The summed E-state index contributed by atoms with van der Waals surface area (Å²) < 4.78 is 30.6. The topological polar surface area (TPSA) is 83.5 Å². The van der Waals surface area contributed by atoms with Crippen LogP contribution in [-0.2, 0) is 26.9 Å². The first-order valence-electron chi connectivity index (χ1n) is 6.23. The highest BCUT2D eigenvalue weighted by Crippen LogP contribution is 2.50. The molecule has 1 spiro atoms. The molecule has 0 atom stereocenters. The van der Waals surface area contributed by atoms with E-state index < -0.39 is 15.5 Å². The quantitative estimate of drug-likeness (QED) is 0.787. The van der Waals surface area contributed by atoms with Crippen molar-refractivity contribution >= 4 is 16.0 Å². The number of rotatable bonds is 2. The number of amides is 1. The molecule has 1 amide bonds. The van der Waals surface area contributed by atoms with E-state index in [1.54, 1.807) is 0 Å². The first-order chi connectivity index (χ1) is 8.91. The lowest BCUT2D eigenvalue weighted by Gasteiger charge is -2.49. The SMILES string of the molecule is O=C1NCc2ccccc2C12CC(CS(=O)(=O)O)C2. The Hall–Kier alpha value is -1.40. The monoisotopic (exact) mass is 281 g/mol. The molecule has 0 saturated heterocycles. The molecule has 1 aromatic carbocycles. The second-order valence-electron chi connectivity index (χ2n) is 5.44. The molecule has 0 bridgehead atoms. The van der Waals surface area contributed by atoms with E-state index in [-0.39, 0.29) is 17.6 Å². The minimum absolute atomic E-state index is 0.0298. The van der Waals surface area contributed by atoms with E-state index >= 15 is 0 Å². The van der Waals surface area contributed by atoms with Gasteiger partial charge in [-0.15, -0.1) is 0 Å². The molecule has 5 nitrogen and oxygen atoms in total. The second kappa shape index (κ2) is 4.05. The van der Waals surface area contributed by atoms with E-state index in [1.807, 2.05) is 24.3 Å². The zero-order valence-electron chi connectivity index (χ0n) is 10.3. The van der Waals surface area contributed by atoms with Gasteiger partial charge >= 0.3 is 0 Å². The summed E-state index contributed by atoms with van der Waals surface area (Å²) in [5, 5.41) is 2.86. The van der Waals surface area contributed by atoms with Crippen molar-refractivity contribution in [2.24, 2.45) is 5.92 Å². The van der Waals surface area contributed by atoms with Gasteiger partial charge in [-0.25, -0.2) is 0 Å². The van der Waals surface area contributed by atoms with Crippen molar-refractivity contribution in [1.29, 1.82) is 0 Å². The average molecular weight is 281 g/mol. The smallest absolute Gasteiger partial charge is 0.265 e. The zero-order valence-corrected chi connectivity index (χ0v) is 11.1. The van der Waals surface area contributed by atoms with Crippen LogP contribution >= 0.6 is 0 Å². The maximum Gasteiger partial charge on any atom is 0.265 e. The summed E-state index contributed by atoms with van der Waals surface area (Å²) in [5.41, 5.74) is 1.50. The largest absolute Gasteiger partial charge is 0.351 e. The molecule has 3 rings (SSSR count). The van der Waals surface area contributed by atoms with E-state index in [0.29, 0.717) is 19.4 Å². The highest BCUT2D eigenvalue weighted by molar-refractivity contribution is 7.85. The Balaban J connectivity index is 1.88. The van der Waals surface area contributed by atoms with Crippen LogP contribution in [0.4, 0.5) is 0 Å². The Labute approximate surface area is 111 Å². The molecule has 2 aliphatic rings. The number of nitrogens with one attached hydrogen (secondary N) is 1. The third-order valence-electron chi connectivity index (χ3n) is 4.13. The third kappa shape index (κ3) is 2.04. The number of carbonyl (C=O) groups is 1. The molecule has 1 aliphatic heterocycles. The Morgan fingerprint density at radius 3 is 2.68 bits per heavy atom. The lowest BCUT2D eigenvalue weighted by molar-refractivity contribution is -0.132. The van der Waals surface area contributed by atoms with Gasteiger partial charge in [-0.1, -0.05) is 24.3 Å². The molecule has 1 fully saturated rings. The van der Waals surface area contributed by atoms with Crippen LogP contribution in [0.25, 0.3) is 0 Å². The Kier molecular flexibility index (Phi) is 2.69. The number of carbonyl (C=O) groups excluding carboxylic acids is 1. The molecule has 2 N–H and O–H groups in total. The molecule has 1 heterocycles. The summed E-state index contributed by atoms with van der Waals surface area (Å²) in [5.74, 6) is -0.436. The maximum atomic E-state index is 12.1. The Morgan fingerprint density at radius 1 is 1.32 bits per heavy atom. The van der Waals surface area contributed by atoms with Gasteiger partial charge in [0.1, 0.15) is 0 Å². The average Bonchev–Trinajstić information content (AvgIpc) is 2.29. The summed E-state index contributed by atoms with van der Waals surface area (Å²) in [7, 11) is -3.97. The molecule has 102 valence electrons. The van der Waals surface area contributed by atoms with Crippen LogP contribution in [0, 0.1) is 5.92 Å². The first-order valence-corrected chi connectivity index (χ1v) is 7.83. The molecule has 1 aliphatic carbocycles. The normalized spacial score (nSPS) is 29.5. The van der Waals surface area contributed by atoms with Crippen LogP contribution in [0.1, 0.15) is 24.0 Å². The molecular weight excluding hydrogens is 266 g/mol. The van der Waals surface area contributed by atoms with Gasteiger partial charge in [0.2, 0.25) is 5.91 Å². The van der Waals surface area contributed by atoms with Gasteiger partial charge < -0.3 is 5.32 Å². The van der Waals surface area contributed by atoms with Gasteiger partial charge in [0.15, 0.2) is 0 Å². The molecule has 6 heteroatoms. The van der Waals surface area contributed by atoms with Crippen molar-refractivity contribution in [1.82, 2.24) is 5.32 Å². The lowest BCUT2D eigenvalue weighted by atomic mass is 9.57. The lowest BCUT2D eigenvalue weighted by Crippen LogP contribution is -2.57. The van der Waals surface area contributed by atoms with Crippen LogP contribution in [0.5, 0.6) is 0 Å². The van der Waals surface area contributed by atoms with E-state index in [0.717, 1.165) is 11.1 Å². The van der Waals surface area contributed by atoms with Crippen molar-refractivity contribution in [2.45, 2.75) is 24.8 Å². The standard InChI is InChI=1S/C13H15NO4S/c15-12-13(5-9(6-13)8-19(16,17)18)11-4-2-1-3-10(11)7-14-12/h1-4,9H,5-8H2,(H,14,15)(H,16,17,18). The Morgan fingerprint density at radius 2 is 2.00 bits per heavy atom. The molecule has 0 radical (unpaired) electrons. The van der Waals surface area contributed by atoms with Crippen LogP contribution < -0.4 is 5.32 Å². The summed E-state index contributed by atoms with van der Waals surface area (Å²) in [6.45, 7) is 0.528. The van der Waals surface area contributed by atoms with Gasteiger partial charge in [0.05, 0.1) is 11.2 Å². The minimum atomic E-state index is -3.97. The van der Waals surface area contributed by atoms with E-state index in [9.17, 15) is 13.2 Å². The molecule has 1 saturated carbocycles. The highest BCUT2D eigenvalue weighted by atomic mass is 32.2. The summed E-state index contributed by atoms with van der Waals surface area (Å²) in [6, 6.07) is 7.75. The fourth-order valence-corrected chi connectivity index (χ4v) is 4.19. The van der Waals surface area contributed by atoms with Crippen LogP contribution in [0.2, 0.25) is 0 Å². The number of hydrogen-bond donors (Lipinski definition) is 2. The van der Waals surface area contributed by atoms with Crippen LogP contribution in [-0.4, -0.2) is 24.6 Å². The van der Waals surface area contributed by atoms with Gasteiger partial charge in [-0.3, -0.25) is 9.35 Å². The summed E-state index contributed by atoms with van der Waals surface area (Å²) >= 11 is 0. The minimum Gasteiger partial charge on any atom is -0.351 e.